The van der Waals surface area contributed by atoms with Crippen molar-refractivity contribution in [2.45, 2.75) is 6.04 Å². The van der Waals surface area contributed by atoms with Gasteiger partial charge in [-0.3, -0.25) is 9.59 Å². The number of amides is 2. The third-order valence-electron chi connectivity index (χ3n) is 5.50. The molecule has 0 saturated heterocycles. The van der Waals surface area contributed by atoms with Crippen LogP contribution in [-0.4, -0.2) is 44.6 Å². The molecule has 3 aromatic carbocycles. The monoisotopic (exact) mass is 466 g/mol. The lowest BCUT2D eigenvalue weighted by molar-refractivity contribution is -0.117. The van der Waals surface area contributed by atoms with E-state index in [0.717, 1.165) is 11.1 Å². The molecule has 2 amide bonds. The standard InChI is InChI=1S/C25H23ClN2O5/c1-31-20-11-16(12-21(32-2)24(20)33-3)25(30)28-14-22(29)27-19-13-17(26)9-10-18(19)23(28)15-7-5-4-6-8-15/h4-13,23H,14H2,1-3H3,(H,27,29). The Hall–Kier alpha value is -3.71. The Morgan fingerprint density at radius 3 is 2.24 bits per heavy atom. The first-order chi connectivity index (χ1) is 16.0. The molecule has 1 unspecified atom stereocenters. The van der Waals surface area contributed by atoms with Crippen LogP contribution in [0.2, 0.25) is 5.02 Å². The number of rotatable bonds is 5. The lowest BCUT2D eigenvalue weighted by Gasteiger charge is -2.31. The Morgan fingerprint density at radius 1 is 0.970 bits per heavy atom. The molecule has 0 saturated carbocycles. The fourth-order valence-corrected chi connectivity index (χ4v) is 4.21. The zero-order chi connectivity index (χ0) is 23.5. The van der Waals surface area contributed by atoms with E-state index in [0.29, 0.717) is 33.5 Å². The molecule has 0 bridgehead atoms. The molecule has 170 valence electrons. The summed E-state index contributed by atoms with van der Waals surface area (Å²) in [6.45, 7) is -0.151. The first kappa shape index (κ1) is 22.5. The van der Waals surface area contributed by atoms with Gasteiger partial charge in [-0.25, -0.2) is 0 Å². The molecule has 0 aliphatic carbocycles. The zero-order valence-electron chi connectivity index (χ0n) is 18.4. The van der Waals surface area contributed by atoms with Crippen molar-refractivity contribution in [3.8, 4) is 17.2 Å². The van der Waals surface area contributed by atoms with Gasteiger partial charge in [-0.1, -0.05) is 48.0 Å². The second kappa shape index (κ2) is 9.42. The number of benzene rings is 3. The van der Waals surface area contributed by atoms with Crippen LogP contribution in [0.5, 0.6) is 17.2 Å². The van der Waals surface area contributed by atoms with Crippen molar-refractivity contribution in [2.24, 2.45) is 0 Å². The minimum absolute atomic E-state index is 0.151. The number of anilines is 1. The van der Waals surface area contributed by atoms with Crippen molar-refractivity contribution in [1.29, 1.82) is 0 Å². The summed E-state index contributed by atoms with van der Waals surface area (Å²) < 4.78 is 16.2. The van der Waals surface area contributed by atoms with Gasteiger partial charge >= 0.3 is 0 Å². The molecule has 3 aromatic rings. The molecule has 7 nitrogen and oxygen atoms in total. The molecule has 1 atom stereocenters. The second-order valence-electron chi connectivity index (χ2n) is 7.44. The SMILES string of the molecule is COc1cc(C(=O)N2CC(=O)Nc3cc(Cl)ccc3C2c2ccccc2)cc(OC)c1OC. The predicted molar refractivity (Wildman–Crippen MR) is 126 cm³/mol. The van der Waals surface area contributed by atoms with Gasteiger partial charge in [-0.15, -0.1) is 0 Å². The van der Waals surface area contributed by atoms with Gasteiger partial charge in [0.25, 0.3) is 5.91 Å². The Kier molecular flexibility index (Phi) is 6.42. The number of nitrogens with one attached hydrogen (secondary N) is 1. The zero-order valence-corrected chi connectivity index (χ0v) is 19.2. The molecule has 0 radical (unpaired) electrons. The lowest BCUT2D eigenvalue weighted by atomic mass is 9.95. The van der Waals surface area contributed by atoms with Crippen molar-refractivity contribution < 1.29 is 23.8 Å². The largest absolute Gasteiger partial charge is 0.493 e. The summed E-state index contributed by atoms with van der Waals surface area (Å²) in [5.74, 6) is 0.398. The second-order valence-corrected chi connectivity index (χ2v) is 7.88. The van der Waals surface area contributed by atoms with Gasteiger partial charge in [0.15, 0.2) is 11.5 Å². The maximum Gasteiger partial charge on any atom is 0.255 e. The van der Waals surface area contributed by atoms with Gasteiger partial charge in [-0.05, 0) is 29.8 Å². The molecular formula is C25H23ClN2O5. The molecule has 1 aliphatic heterocycles. The van der Waals surface area contributed by atoms with Crippen LogP contribution in [-0.2, 0) is 4.79 Å². The number of hydrogen-bond donors (Lipinski definition) is 1. The van der Waals surface area contributed by atoms with Crippen molar-refractivity contribution in [1.82, 2.24) is 4.90 Å². The van der Waals surface area contributed by atoms with Gasteiger partial charge in [0.1, 0.15) is 6.54 Å². The van der Waals surface area contributed by atoms with Crippen LogP contribution >= 0.6 is 11.6 Å². The molecule has 1 aliphatic rings. The Bertz CT molecular complexity index is 1170. The molecule has 0 aromatic heterocycles. The van der Waals surface area contributed by atoms with Crippen molar-refractivity contribution >= 4 is 29.1 Å². The minimum atomic E-state index is -0.524. The first-order valence-electron chi connectivity index (χ1n) is 10.2. The van der Waals surface area contributed by atoms with Crippen molar-refractivity contribution in [2.75, 3.05) is 33.2 Å². The van der Waals surface area contributed by atoms with Crippen molar-refractivity contribution in [3.63, 3.8) is 0 Å². The average molecular weight is 467 g/mol. The van der Waals surface area contributed by atoms with Gasteiger partial charge in [0.2, 0.25) is 11.7 Å². The van der Waals surface area contributed by atoms with E-state index < -0.39 is 6.04 Å². The van der Waals surface area contributed by atoms with Crippen LogP contribution in [0.3, 0.4) is 0 Å². The van der Waals surface area contributed by atoms with E-state index >= 15 is 0 Å². The average Bonchev–Trinajstić information content (AvgIpc) is 2.98. The van der Waals surface area contributed by atoms with Gasteiger partial charge in [-0.2, -0.15) is 0 Å². The van der Waals surface area contributed by atoms with E-state index in [1.165, 1.54) is 26.2 Å². The molecule has 4 rings (SSSR count). The van der Waals surface area contributed by atoms with Gasteiger partial charge < -0.3 is 24.4 Å². The number of ether oxygens (including phenoxy) is 3. The molecule has 1 N–H and O–H groups in total. The quantitative estimate of drug-likeness (QED) is 0.597. The Labute approximate surface area is 196 Å². The van der Waals surface area contributed by atoms with Crippen LogP contribution in [0, 0.1) is 0 Å². The number of methoxy groups -OCH3 is 3. The highest BCUT2D eigenvalue weighted by atomic mass is 35.5. The highest BCUT2D eigenvalue weighted by molar-refractivity contribution is 6.31. The summed E-state index contributed by atoms with van der Waals surface area (Å²) in [7, 11) is 4.46. The fraction of sp³-hybridized carbons (Fsp3) is 0.200. The summed E-state index contributed by atoms with van der Waals surface area (Å²) in [5.41, 5.74) is 2.49. The number of carbonyl (C=O) groups excluding carboxylic acids is 2. The molecule has 8 heteroatoms. The molecular weight excluding hydrogens is 444 g/mol. The molecule has 0 spiro atoms. The van der Waals surface area contributed by atoms with Gasteiger partial charge in [0.05, 0.1) is 27.4 Å². The lowest BCUT2D eigenvalue weighted by Crippen LogP contribution is -2.39. The van der Waals surface area contributed by atoms with E-state index in [4.69, 9.17) is 25.8 Å². The van der Waals surface area contributed by atoms with Crippen LogP contribution in [0.15, 0.2) is 60.7 Å². The molecule has 0 fully saturated rings. The van der Waals surface area contributed by atoms with Crippen LogP contribution in [0.1, 0.15) is 27.5 Å². The minimum Gasteiger partial charge on any atom is -0.493 e. The number of halogens is 1. The van der Waals surface area contributed by atoms with Crippen molar-refractivity contribution in [3.05, 3.63) is 82.4 Å². The third kappa shape index (κ3) is 4.32. The maximum absolute atomic E-state index is 13.9. The number of fused-ring (bicyclic) bond motifs is 1. The van der Waals surface area contributed by atoms with E-state index in [2.05, 4.69) is 5.32 Å². The van der Waals surface area contributed by atoms with E-state index in [1.807, 2.05) is 36.4 Å². The Morgan fingerprint density at radius 2 is 1.64 bits per heavy atom. The molecule has 1 heterocycles. The van der Waals surface area contributed by atoms with E-state index in [9.17, 15) is 9.59 Å². The normalized spacial score (nSPS) is 15.2. The fourth-order valence-electron chi connectivity index (χ4n) is 4.03. The smallest absolute Gasteiger partial charge is 0.255 e. The van der Waals surface area contributed by atoms with Gasteiger partial charge in [0, 0.05) is 21.8 Å². The summed E-state index contributed by atoms with van der Waals surface area (Å²) in [4.78, 5) is 28.2. The summed E-state index contributed by atoms with van der Waals surface area (Å²) in [5, 5.41) is 3.37. The predicted octanol–water partition coefficient (Wildman–Crippen LogP) is 4.55. The van der Waals surface area contributed by atoms with E-state index in [1.54, 1.807) is 24.3 Å². The maximum atomic E-state index is 13.9. The highest BCUT2D eigenvalue weighted by Gasteiger charge is 2.34. The molecule has 33 heavy (non-hydrogen) atoms. The van der Waals surface area contributed by atoms with E-state index in [-0.39, 0.29) is 18.4 Å². The number of hydrogen-bond acceptors (Lipinski definition) is 5. The number of nitrogens with zero attached hydrogens (tertiary/aromatic N) is 1. The topological polar surface area (TPSA) is 77.1 Å². The third-order valence-corrected chi connectivity index (χ3v) is 5.73. The summed E-state index contributed by atoms with van der Waals surface area (Å²) in [6, 6.07) is 17.4. The summed E-state index contributed by atoms with van der Waals surface area (Å²) >= 11 is 6.19. The summed E-state index contributed by atoms with van der Waals surface area (Å²) in [6.07, 6.45) is 0. The first-order valence-corrected chi connectivity index (χ1v) is 10.6. The number of carbonyl (C=O) groups is 2. The van der Waals surface area contributed by atoms with Crippen LogP contribution < -0.4 is 19.5 Å². The highest BCUT2D eigenvalue weighted by Crippen LogP contribution is 2.41. The van der Waals surface area contributed by atoms with Crippen LogP contribution in [0.25, 0.3) is 0 Å². The Balaban J connectivity index is 1.88. The van der Waals surface area contributed by atoms with Crippen LogP contribution in [0.4, 0.5) is 5.69 Å².